The summed E-state index contributed by atoms with van der Waals surface area (Å²) in [6.07, 6.45) is 3.47. The van der Waals surface area contributed by atoms with Crippen LogP contribution in [0.25, 0.3) is 0 Å². The molecule has 1 aromatic rings. The number of methoxy groups -OCH3 is 1. The Morgan fingerprint density at radius 1 is 1.23 bits per heavy atom. The SMILES string of the molecule is COc1cc(C(C)=O)ccc1OCC(=O)N[C@@H]1C[C@H]2CC[C@@]1(C)C2(C)C. The van der Waals surface area contributed by atoms with E-state index in [4.69, 9.17) is 9.47 Å². The van der Waals surface area contributed by atoms with Crippen LogP contribution in [0.3, 0.4) is 0 Å². The lowest BCUT2D eigenvalue weighted by atomic mass is 9.69. The van der Waals surface area contributed by atoms with Crippen molar-refractivity contribution in [3.8, 4) is 11.5 Å². The van der Waals surface area contributed by atoms with E-state index in [9.17, 15) is 9.59 Å². The van der Waals surface area contributed by atoms with Gasteiger partial charge in [0.2, 0.25) is 0 Å². The van der Waals surface area contributed by atoms with Crippen LogP contribution in [0.5, 0.6) is 11.5 Å². The number of ketones is 1. The minimum atomic E-state index is -0.114. The molecule has 0 heterocycles. The summed E-state index contributed by atoms with van der Waals surface area (Å²) >= 11 is 0. The number of carbonyl (C=O) groups excluding carboxylic acids is 2. The Morgan fingerprint density at radius 3 is 2.50 bits per heavy atom. The van der Waals surface area contributed by atoms with Gasteiger partial charge in [-0.1, -0.05) is 20.8 Å². The van der Waals surface area contributed by atoms with Crippen molar-refractivity contribution in [2.24, 2.45) is 16.7 Å². The number of ether oxygens (including phenoxy) is 2. The van der Waals surface area contributed by atoms with E-state index in [-0.39, 0.29) is 35.2 Å². The zero-order valence-corrected chi connectivity index (χ0v) is 16.3. The van der Waals surface area contributed by atoms with Crippen molar-refractivity contribution < 1.29 is 19.1 Å². The second-order valence-corrected chi connectivity index (χ2v) is 8.44. The molecule has 1 aromatic carbocycles. The van der Waals surface area contributed by atoms with E-state index in [0.29, 0.717) is 23.0 Å². The molecule has 1 amide bonds. The summed E-state index contributed by atoms with van der Waals surface area (Å²) in [4.78, 5) is 23.9. The Labute approximate surface area is 155 Å². The molecule has 3 atom stereocenters. The molecule has 3 rings (SSSR count). The van der Waals surface area contributed by atoms with E-state index in [2.05, 4.69) is 26.1 Å². The fraction of sp³-hybridized carbons (Fsp3) is 0.619. The van der Waals surface area contributed by atoms with Crippen LogP contribution >= 0.6 is 0 Å². The largest absolute Gasteiger partial charge is 0.493 e. The minimum absolute atomic E-state index is 0.0419. The predicted molar refractivity (Wildman–Crippen MR) is 99.7 cm³/mol. The lowest BCUT2D eigenvalue weighted by Gasteiger charge is -2.39. The van der Waals surface area contributed by atoms with Crippen LogP contribution in [0.4, 0.5) is 0 Å². The average molecular weight is 359 g/mol. The average Bonchev–Trinajstić information content (AvgIpc) is 2.93. The summed E-state index contributed by atoms with van der Waals surface area (Å²) in [6.45, 7) is 8.40. The molecule has 0 unspecified atom stereocenters. The van der Waals surface area contributed by atoms with Gasteiger partial charge in [-0.15, -0.1) is 0 Å². The van der Waals surface area contributed by atoms with Gasteiger partial charge in [0.15, 0.2) is 23.9 Å². The third-order valence-corrected chi connectivity index (χ3v) is 7.06. The highest BCUT2D eigenvalue weighted by Crippen LogP contribution is 2.65. The monoisotopic (exact) mass is 359 g/mol. The van der Waals surface area contributed by atoms with Crippen LogP contribution < -0.4 is 14.8 Å². The molecule has 2 bridgehead atoms. The summed E-state index contributed by atoms with van der Waals surface area (Å²) < 4.78 is 10.9. The summed E-state index contributed by atoms with van der Waals surface area (Å²) in [5, 5.41) is 3.18. The normalized spacial score (nSPS) is 28.7. The molecule has 5 heteroatoms. The highest BCUT2D eigenvalue weighted by Gasteiger charge is 2.61. The number of Topliss-reactive ketones (excluding diaryl/α,β-unsaturated/α-hetero) is 1. The van der Waals surface area contributed by atoms with Gasteiger partial charge in [0.05, 0.1) is 7.11 Å². The van der Waals surface area contributed by atoms with Crippen molar-refractivity contribution in [1.82, 2.24) is 5.32 Å². The van der Waals surface area contributed by atoms with Gasteiger partial charge in [0.1, 0.15) is 0 Å². The maximum absolute atomic E-state index is 12.4. The Kier molecular flexibility index (Phi) is 4.76. The number of nitrogens with one attached hydrogen (secondary N) is 1. The van der Waals surface area contributed by atoms with Gasteiger partial charge in [-0.05, 0) is 61.1 Å². The number of hydrogen-bond donors (Lipinski definition) is 1. The molecule has 0 radical (unpaired) electrons. The molecule has 26 heavy (non-hydrogen) atoms. The van der Waals surface area contributed by atoms with E-state index < -0.39 is 0 Å². The van der Waals surface area contributed by atoms with Gasteiger partial charge in [0, 0.05) is 11.6 Å². The fourth-order valence-electron chi connectivity index (χ4n) is 4.81. The molecule has 0 spiro atoms. The number of hydrogen-bond acceptors (Lipinski definition) is 4. The van der Waals surface area contributed by atoms with E-state index >= 15 is 0 Å². The first-order valence-electron chi connectivity index (χ1n) is 9.30. The second-order valence-electron chi connectivity index (χ2n) is 8.44. The number of fused-ring (bicyclic) bond motifs is 2. The third kappa shape index (κ3) is 2.97. The summed E-state index contributed by atoms with van der Waals surface area (Å²) in [7, 11) is 1.52. The molecule has 0 saturated heterocycles. The quantitative estimate of drug-likeness (QED) is 0.788. The lowest BCUT2D eigenvalue weighted by Crippen LogP contribution is -2.48. The number of benzene rings is 1. The van der Waals surface area contributed by atoms with Crippen LogP contribution in [0.1, 0.15) is 57.3 Å². The standard InChI is InChI=1S/C21H29NO4/c1-13(23)14-6-7-16(17(10-14)25-5)26-12-19(24)22-18-11-15-8-9-21(18,4)20(15,2)3/h6-7,10,15,18H,8-9,11-12H2,1-5H3,(H,22,24)/t15-,18-,21-/m1/s1. The molecule has 2 saturated carbocycles. The summed E-state index contributed by atoms with van der Waals surface area (Å²) in [5.74, 6) is 1.45. The predicted octanol–water partition coefficient (Wildman–Crippen LogP) is 3.61. The molecule has 0 aromatic heterocycles. The molecular weight excluding hydrogens is 330 g/mol. The lowest BCUT2D eigenvalue weighted by molar-refractivity contribution is -0.124. The molecule has 2 aliphatic carbocycles. The highest BCUT2D eigenvalue weighted by atomic mass is 16.5. The Morgan fingerprint density at radius 2 is 1.96 bits per heavy atom. The molecule has 1 N–H and O–H groups in total. The van der Waals surface area contributed by atoms with Crippen LogP contribution in [0.2, 0.25) is 0 Å². The van der Waals surface area contributed by atoms with Crippen LogP contribution in [-0.4, -0.2) is 31.4 Å². The van der Waals surface area contributed by atoms with Crippen LogP contribution in [-0.2, 0) is 4.79 Å². The first-order valence-corrected chi connectivity index (χ1v) is 9.30. The Balaban J connectivity index is 1.61. The van der Waals surface area contributed by atoms with Crippen LogP contribution in [0.15, 0.2) is 18.2 Å². The molecule has 142 valence electrons. The van der Waals surface area contributed by atoms with E-state index in [1.807, 2.05) is 0 Å². The second kappa shape index (κ2) is 6.60. The van der Waals surface area contributed by atoms with Gasteiger partial charge in [0.25, 0.3) is 5.91 Å². The van der Waals surface area contributed by atoms with Crippen LogP contribution in [0, 0.1) is 16.7 Å². The van der Waals surface area contributed by atoms with Gasteiger partial charge in [-0.25, -0.2) is 0 Å². The van der Waals surface area contributed by atoms with Crippen molar-refractivity contribution >= 4 is 11.7 Å². The van der Waals surface area contributed by atoms with Crippen molar-refractivity contribution in [1.29, 1.82) is 0 Å². The topological polar surface area (TPSA) is 64.6 Å². The van der Waals surface area contributed by atoms with E-state index in [1.54, 1.807) is 18.2 Å². The van der Waals surface area contributed by atoms with Gasteiger partial charge in [-0.3, -0.25) is 9.59 Å². The van der Waals surface area contributed by atoms with Gasteiger partial charge < -0.3 is 14.8 Å². The smallest absolute Gasteiger partial charge is 0.258 e. The number of carbonyl (C=O) groups is 2. The number of rotatable bonds is 6. The van der Waals surface area contributed by atoms with E-state index in [1.165, 1.54) is 20.5 Å². The van der Waals surface area contributed by atoms with Crippen molar-refractivity contribution in [2.45, 2.75) is 53.0 Å². The van der Waals surface area contributed by atoms with E-state index in [0.717, 1.165) is 12.8 Å². The molecule has 2 aliphatic rings. The zero-order valence-electron chi connectivity index (χ0n) is 16.3. The fourth-order valence-corrected chi connectivity index (χ4v) is 4.81. The maximum Gasteiger partial charge on any atom is 0.258 e. The summed E-state index contributed by atoms with van der Waals surface area (Å²) in [5.41, 5.74) is 0.960. The summed E-state index contributed by atoms with van der Waals surface area (Å²) in [6, 6.07) is 5.19. The highest BCUT2D eigenvalue weighted by molar-refractivity contribution is 5.94. The first-order chi connectivity index (χ1) is 12.2. The number of amides is 1. The molecular formula is C21H29NO4. The zero-order chi connectivity index (χ0) is 19.1. The minimum Gasteiger partial charge on any atom is -0.493 e. The van der Waals surface area contributed by atoms with Crippen molar-refractivity contribution in [3.63, 3.8) is 0 Å². The molecule has 0 aliphatic heterocycles. The first kappa shape index (κ1) is 18.7. The Bertz CT molecular complexity index is 727. The maximum atomic E-state index is 12.4. The van der Waals surface area contributed by atoms with Gasteiger partial charge >= 0.3 is 0 Å². The van der Waals surface area contributed by atoms with Crippen molar-refractivity contribution in [3.05, 3.63) is 23.8 Å². The Hall–Kier alpha value is -2.04. The third-order valence-electron chi connectivity index (χ3n) is 7.06. The van der Waals surface area contributed by atoms with Crippen molar-refractivity contribution in [2.75, 3.05) is 13.7 Å². The molecule has 5 nitrogen and oxygen atoms in total. The van der Waals surface area contributed by atoms with Gasteiger partial charge in [-0.2, -0.15) is 0 Å². The molecule has 2 fully saturated rings.